The third-order valence-electron chi connectivity index (χ3n) is 5.26. The summed E-state index contributed by atoms with van der Waals surface area (Å²) in [6, 6.07) is 20.8. The lowest BCUT2D eigenvalue weighted by Crippen LogP contribution is -2.32. The van der Waals surface area contributed by atoms with Gasteiger partial charge in [0.2, 0.25) is 5.91 Å². The van der Waals surface area contributed by atoms with E-state index in [2.05, 4.69) is 5.32 Å². The molecular formula is C25H24N2O3. The van der Waals surface area contributed by atoms with Gasteiger partial charge in [0, 0.05) is 10.8 Å². The van der Waals surface area contributed by atoms with E-state index in [1.54, 1.807) is 12.1 Å². The largest absolute Gasteiger partial charge is 0.491 e. The molecule has 4 aromatic rings. The Labute approximate surface area is 174 Å². The van der Waals surface area contributed by atoms with Gasteiger partial charge in [0.05, 0.1) is 17.6 Å². The maximum absolute atomic E-state index is 12.8. The van der Waals surface area contributed by atoms with Crippen molar-refractivity contribution >= 4 is 27.7 Å². The van der Waals surface area contributed by atoms with Crippen molar-refractivity contribution in [1.82, 2.24) is 9.88 Å². The maximum atomic E-state index is 12.8. The normalized spacial score (nSPS) is 11.0. The smallest absolute Gasteiger partial charge is 0.240 e. The van der Waals surface area contributed by atoms with Crippen molar-refractivity contribution in [3.63, 3.8) is 0 Å². The highest BCUT2D eigenvalue weighted by atomic mass is 16.5. The lowest BCUT2D eigenvalue weighted by molar-refractivity contribution is -0.121. The van der Waals surface area contributed by atoms with Gasteiger partial charge in [-0.25, -0.2) is 0 Å². The van der Waals surface area contributed by atoms with Crippen LogP contribution >= 0.6 is 0 Å². The number of carbonyl (C=O) groups is 1. The van der Waals surface area contributed by atoms with Crippen LogP contribution in [0.15, 0.2) is 71.5 Å². The van der Waals surface area contributed by atoms with E-state index in [0.717, 1.165) is 27.9 Å². The van der Waals surface area contributed by atoms with Gasteiger partial charge in [0.25, 0.3) is 0 Å². The average Bonchev–Trinajstić information content (AvgIpc) is 2.76. The maximum Gasteiger partial charge on any atom is 0.240 e. The molecule has 0 aliphatic rings. The zero-order valence-corrected chi connectivity index (χ0v) is 17.1. The molecule has 3 aromatic carbocycles. The van der Waals surface area contributed by atoms with Crippen LogP contribution < -0.4 is 15.5 Å². The van der Waals surface area contributed by atoms with Crippen LogP contribution in [0.5, 0.6) is 5.75 Å². The first-order chi connectivity index (χ1) is 14.6. The molecule has 4 rings (SSSR count). The summed E-state index contributed by atoms with van der Waals surface area (Å²) in [7, 11) is 0. The van der Waals surface area contributed by atoms with Crippen LogP contribution in [0.3, 0.4) is 0 Å². The van der Waals surface area contributed by atoms with E-state index >= 15 is 0 Å². The Balaban J connectivity index is 1.51. The molecule has 1 amide bonds. The van der Waals surface area contributed by atoms with Crippen LogP contribution in [-0.4, -0.2) is 23.6 Å². The summed E-state index contributed by atoms with van der Waals surface area (Å²) < 4.78 is 7.76. The number of nitrogens with zero attached hydrogens (tertiary/aromatic N) is 1. The van der Waals surface area contributed by atoms with Crippen molar-refractivity contribution in [3.8, 4) is 5.75 Å². The molecule has 0 aliphatic carbocycles. The molecule has 0 unspecified atom stereocenters. The summed E-state index contributed by atoms with van der Waals surface area (Å²) in [5.74, 6) is 0.739. The van der Waals surface area contributed by atoms with Crippen molar-refractivity contribution < 1.29 is 9.53 Å². The van der Waals surface area contributed by atoms with Gasteiger partial charge >= 0.3 is 0 Å². The number of pyridine rings is 1. The van der Waals surface area contributed by atoms with Gasteiger partial charge < -0.3 is 14.6 Å². The zero-order valence-electron chi connectivity index (χ0n) is 17.1. The van der Waals surface area contributed by atoms with Crippen molar-refractivity contribution in [2.24, 2.45) is 0 Å². The fourth-order valence-electron chi connectivity index (χ4n) is 3.82. The van der Waals surface area contributed by atoms with Crippen LogP contribution in [-0.2, 0) is 11.3 Å². The molecule has 0 aliphatic heterocycles. The Morgan fingerprint density at radius 2 is 1.43 bits per heavy atom. The lowest BCUT2D eigenvalue weighted by Gasteiger charge is -2.15. The van der Waals surface area contributed by atoms with E-state index in [4.69, 9.17) is 4.74 Å². The highest BCUT2D eigenvalue weighted by molar-refractivity contribution is 5.94. The minimum absolute atomic E-state index is 0.0140. The fourth-order valence-corrected chi connectivity index (χ4v) is 3.82. The van der Waals surface area contributed by atoms with Crippen molar-refractivity contribution in [1.29, 1.82) is 0 Å². The number of carbonyl (C=O) groups excluding carboxylic acids is 1. The molecular weight excluding hydrogens is 376 g/mol. The number of ether oxygens (including phenoxy) is 1. The second-order valence-corrected chi connectivity index (χ2v) is 7.37. The van der Waals surface area contributed by atoms with E-state index in [1.165, 1.54) is 0 Å². The summed E-state index contributed by atoms with van der Waals surface area (Å²) in [6.45, 7) is 4.94. The lowest BCUT2D eigenvalue weighted by atomic mass is 10.1. The summed E-state index contributed by atoms with van der Waals surface area (Å²) >= 11 is 0. The van der Waals surface area contributed by atoms with E-state index in [-0.39, 0.29) is 17.9 Å². The number of aryl methyl sites for hydroxylation is 2. The van der Waals surface area contributed by atoms with Gasteiger partial charge in [0.1, 0.15) is 18.9 Å². The first-order valence-corrected chi connectivity index (χ1v) is 10.0. The third-order valence-corrected chi connectivity index (χ3v) is 5.26. The van der Waals surface area contributed by atoms with Gasteiger partial charge in [-0.15, -0.1) is 0 Å². The predicted molar refractivity (Wildman–Crippen MR) is 120 cm³/mol. The van der Waals surface area contributed by atoms with Crippen molar-refractivity contribution in [2.45, 2.75) is 20.4 Å². The minimum atomic E-state index is -0.126. The standard InChI is InChI=1S/C25H24N2O3/c1-17-8-7-9-18(2)25(17)30-15-14-26-23(28)16-27-21-12-5-3-10-19(21)24(29)20-11-4-6-13-22(20)27/h3-13H,14-16H2,1-2H3,(H,26,28). The van der Waals surface area contributed by atoms with E-state index in [1.807, 2.05) is 73.0 Å². The van der Waals surface area contributed by atoms with Crippen molar-refractivity contribution in [2.75, 3.05) is 13.2 Å². The number of fused-ring (bicyclic) bond motifs is 2. The van der Waals surface area contributed by atoms with E-state index < -0.39 is 0 Å². The Bertz CT molecular complexity index is 1210. The monoisotopic (exact) mass is 400 g/mol. The molecule has 1 N–H and O–H groups in total. The average molecular weight is 400 g/mol. The zero-order chi connectivity index (χ0) is 21.1. The van der Waals surface area contributed by atoms with E-state index in [0.29, 0.717) is 23.9 Å². The molecule has 5 heteroatoms. The molecule has 0 saturated heterocycles. The second kappa shape index (κ2) is 8.41. The molecule has 1 heterocycles. The highest BCUT2D eigenvalue weighted by Gasteiger charge is 2.12. The first-order valence-electron chi connectivity index (χ1n) is 10.0. The van der Waals surface area contributed by atoms with Gasteiger partial charge in [-0.1, -0.05) is 42.5 Å². The molecule has 0 fully saturated rings. The van der Waals surface area contributed by atoms with Crippen LogP contribution in [0, 0.1) is 13.8 Å². The molecule has 0 atom stereocenters. The molecule has 0 spiro atoms. The van der Waals surface area contributed by atoms with Crippen LogP contribution in [0.25, 0.3) is 21.8 Å². The number of hydrogen-bond acceptors (Lipinski definition) is 3. The Morgan fingerprint density at radius 3 is 2.03 bits per heavy atom. The molecule has 30 heavy (non-hydrogen) atoms. The predicted octanol–water partition coefficient (Wildman–Crippen LogP) is 3.97. The van der Waals surface area contributed by atoms with Crippen LogP contribution in [0.1, 0.15) is 11.1 Å². The van der Waals surface area contributed by atoms with Gasteiger partial charge in [-0.3, -0.25) is 9.59 Å². The fraction of sp³-hybridized carbons (Fsp3) is 0.200. The molecule has 5 nitrogen and oxygen atoms in total. The second-order valence-electron chi connectivity index (χ2n) is 7.37. The molecule has 0 radical (unpaired) electrons. The topological polar surface area (TPSA) is 60.3 Å². The summed E-state index contributed by atoms with van der Waals surface area (Å²) in [5.41, 5.74) is 3.64. The molecule has 1 aromatic heterocycles. The number of rotatable bonds is 6. The van der Waals surface area contributed by atoms with Gasteiger partial charge in [0.15, 0.2) is 5.43 Å². The van der Waals surface area contributed by atoms with Gasteiger partial charge in [-0.05, 0) is 49.2 Å². The van der Waals surface area contributed by atoms with Gasteiger partial charge in [-0.2, -0.15) is 0 Å². The van der Waals surface area contributed by atoms with Crippen molar-refractivity contribution in [3.05, 3.63) is 88.1 Å². The molecule has 0 bridgehead atoms. The summed E-state index contributed by atoms with van der Waals surface area (Å²) in [5, 5.41) is 4.15. The van der Waals surface area contributed by atoms with Crippen LogP contribution in [0.2, 0.25) is 0 Å². The summed E-state index contributed by atoms with van der Waals surface area (Å²) in [6.07, 6.45) is 0. The quantitative estimate of drug-likeness (QED) is 0.394. The Hall–Kier alpha value is -3.60. The number of nitrogens with one attached hydrogen (secondary N) is 1. The number of para-hydroxylation sites is 3. The Morgan fingerprint density at radius 1 is 0.867 bits per heavy atom. The number of benzene rings is 3. The number of hydrogen-bond donors (Lipinski definition) is 1. The molecule has 0 saturated carbocycles. The third kappa shape index (κ3) is 3.79. The number of aromatic nitrogens is 1. The SMILES string of the molecule is Cc1cccc(C)c1OCCNC(=O)Cn1c2ccccc2c(=O)c2ccccc21. The molecule has 152 valence electrons. The van der Waals surface area contributed by atoms with Crippen LogP contribution in [0.4, 0.5) is 0 Å². The first kappa shape index (κ1) is 19.7. The van der Waals surface area contributed by atoms with E-state index in [9.17, 15) is 9.59 Å². The summed E-state index contributed by atoms with van der Waals surface area (Å²) in [4.78, 5) is 25.5. The highest BCUT2D eigenvalue weighted by Crippen LogP contribution is 2.22. The Kier molecular flexibility index (Phi) is 5.53. The number of amides is 1. The minimum Gasteiger partial charge on any atom is -0.491 e.